The summed E-state index contributed by atoms with van der Waals surface area (Å²) in [5.41, 5.74) is 0.224. The molecule has 2 aromatic rings. The second kappa shape index (κ2) is 7.60. The van der Waals surface area contributed by atoms with Crippen LogP contribution in [-0.4, -0.2) is 49.3 Å². The standard InChI is InChI=1S/C20H23NO5/c22-17-11-19(26-18-8-2-1-7-16(17)18)20(23)21(12-14-5-3-9-24-14)13-15-6-4-10-25-15/h1-2,7-8,11,14-15H,3-6,9-10,12-13H2. The molecule has 26 heavy (non-hydrogen) atoms. The Labute approximate surface area is 151 Å². The van der Waals surface area contributed by atoms with Crippen molar-refractivity contribution < 1.29 is 18.7 Å². The molecular weight excluding hydrogens is 334 g/mol. The molecule has 3 heterocycles. The minimum absolute atomic E-state index is 0.0348. The van der Waals surface area contributed by atoms with Gasteiger partial charge in [0.2, 0.25) is 0 Å². The Hall–Kier alpha value is -2.18. The van der Waals surface area contributed by atoms with Crippen LogP contribution in [0.1, 0.15) is 36.2 Å². The third kappa shape index (κ3) is 3.66. The lowest BCUT2D eigenvalue weighted by molar-refractivity contribution is 0.0290. The quantitative estimate of drug-likeness (QED) is 0.823. The topological polar surface area (TPSA) is 69.0 Å². The zero-order valence-electron chi connectivity index (χ0n) is 14.7. The summed E-state index contributed by atoms with van der Waals surface area (Å²) in [6.45, 7) is 2.46. The molecule has 138 valence electrons. The third-order valence-corrected chi connectivity index (χ3v) is 5.03. The lowest BCUT2D eigenvalue weighted by atomic mass is 10.1. The molecule has 0 bridgehead atoms. The van der Waals surface area contributed by atoms with Crippen LogP contribution >= 0.6 is 0 Å². The fourth-order valence-electron chi connectivity index (χ4n) is 3.67. The Kier molecular flexibility index (Phi) is 5.04. The van der Waals surface area contributed by atoms with E-state index in [0.717, 1.165) is 38.9 Å². The molecule has 4 rings (SSSR count). The molecule has 6 nitrogen and oxygen atoms in total. The van der Waals surface area contributed by atoms with Gasteiger partial charge in [-0.3, -0.25) is 9.59 Å². The van der Waals surface area contributed by atoms with Crippen LogP contribution in [0.15, 0.2) is 39.5 Å². The molecule has 6 heteroatoms. The zero-order chi connectivity index (χ0) is 17.9. The maximum Gasteiger partial charge on any atom is 0.289 e. The first-order valence-electron chi connectivity index (χ1n) is 9.26. The molecule has 2 fully saturated rings. The number of nitrogens with zero attached hydrogens (tertiary/aromatic N) is 1. The number of hydrogen-bond donors (Lipinski definition) is 0. The Morgan fingerprint density at radius 2 is 1.69 bits per heavy atom. The number of fused-ring (bicyclic) bond motifs is 1. The van der Waals surface area contributed by atoms with Crippen LogP contribution < -0.4 is 5.43 Å². The molecule has 2 saturated heterocycles. The van der Waals surface area contributed by atoms with Crippen molar-refractivity contribution in [3.05, 3.63) is 46.3 Å². The van der Waals surface area contributed by atoms with Crippen molar-refractivity contribution in [2.24, 2.45) is 0 Å². The van der Waals surface area contributed by atoms with Gasteiger partial charge in [0.25, 0.3) is 5.91 Å². The molecule has 1 aromatic carbocycles. The van der Waals surface area contributed by atoms with E-state index in [0.29, 0.717) is 24.1 Å². The highest BCUT2D eigenvalue weighted by Gasteiger charge is 2.29. The summed E-state index contributed by atoms with van der Waals surface area (Å²) in [4.78, 5) is 27.2. The van der Waals surface area contributed by atoms with Gasteiger partial charge in [0.1, 0.15) is 5.58 Å². The van der Waals surface area contributed by atoms with Crippen LogP contribution in [0.2, 0.25) is 0 Å². The molecule has 0 spiro atoms. The van der Waals surface area contributed by atoms with Crippen molar-refractivity contribution in [1.82, 2.24) is 4.90 Å². The highest BCUT2D eigenvalue weighted by atomic mass is 16.5. The summed E-state index contributed by atoms with van der Waals surface area (Å²) in [5, 5.41) is 0.480. The smallest absolute Gasteiger partial charge is 0.289 e. The molecule has 1 aromatic heterocycles. The number of benzene rings is 1. The lowest BCUT2D eigenvalue weighted by Gasteiger charge is -2.27. The molecule has 2 unspecified atom stereocenters. The Morgan fingerprint density at radius 1 is 1.04 bits per heavy atom. The summed E-state index contributed by atoms with van der Waals surface area (Å²) >= 11 is 0. The van der Waals surface area contributed by atoms with E-state index in [1.807, 2.05) is 0 Å². The van der Waals surface area contributed by atoms with Crippen molar-refractivity contribution >= 4 is 16.9 Å². The molecule has 0 aliphatic carbocycles. The number of para-hydroxylation sites is 1. The SMILES string of the molecule is O=C(c1cc(=O)c2ccccc2o1)N(CC1CCCO1)CC1CCCO1. The minimum atomic E-state index is -0.279. The van der Waals surface area contributed by atoms with E-state index in [1.165, 1.54) is 6.07 Å². The Balaban J connectivity index is 1.60. The van der Waals surface area contributed by atoms with Crippen LogP contribution in [0.5, 0.6) is 0 Å². The zero-order valence-corrected chi connectivity index (χ0v) is 14.7. The minimum Gasteiger partial charge on any atom is -0.451 e. The van der Waals surface area contributed by atoms with Gasteiger partial charge in [-0.05, 0) is 37.8 Å². The fraction of sp³-hybridized carbons (Fsp3) is 0.500. The third-order valence-electron chi connectivity index (χ3n) is 5.03. The van der Waals surface area contributed by atoms with Crippen LogP contribution in [0.25, 0.3) is 11.0 Å². The van der Waals surface area contributed by atoms with E-state index in [2.05, 4.69) is 0 Å². The van der Waals surface area contributed by atoms with E-state index in [1.54, 1.807) is 29.2 Å². The number of carbonyl (C=O) groups excluding carboxylic acids is 1. The molecule has 0 saturated carbocycles. The molecule has 0 N–H and O–H groups in total. The maximum absolute atomic E-state index is 13.1. The van der Waals surface area contributed by atoms with Crippen molar-refractivity contribution in [3.63, 3.8) is 0 Å². The predicted octanol–water partition coefficient (Wildman–Crippen LogP) is 2.59. The first-order valence-corrected chi connectivity index (χ1v) is 9.26. The first-order chi connectivity index (χ1) is 12.7. The molecule has 0 radical (unpaired) electrons. The van der Waals surface area contributed by atoms with Gasteiger partial charge in [0.15, 0.2) is 11.2 Å². The van der Waals surface area contributed by atoms with E-state index in [4.69, 9.17) is 13.9 Å². The van der Waals surface area contributed by atoms with E-state index in [-0.39, 0.29) is 29.3 Å². The van der Waals surface area contributed by atoms with Gasteiger partial charge in [-0.1, -0.05) is 12.1 Å². The highest BCUT2D eigenvalue weighted by Crippen LogP contribution is 2.20. The largest absolute Gasteiger partial charge is 0.451 e. The summed E-state index contributed by atoms with van der Waals surface area (Å²) < 4.78 is 17.1. The second-order valence-electron chi connectivity index (χ2n) is 6.95. The number of ether oxygens (including phenoxy) is 2. The van der Waals surface area contributed by atoms with E-state index >= 15 is 0 Å². The Morgan fingerprint density at radius 3 is 2.31 bits per heavy atom. The molecule has 2 atom stereocenters. The van der Waals surface area contributed by atoms with Crippen molar-refractivity contribution in [2.75, 3.05) is 26.3 Å². The van der Waals surface area contributed by atoms with Gasteiger partial charge in [0.05, 0.1) is 17.6 Å². The molecule has 1 amide bonds. The average Bonchev–Trinajstić information content (AvgIpc) is 3.34. The summed E-state index contributed by atoms with van der Waals surface area (Å²) in [7, 11) is 0. The normalized spacial score (nSPS) is 22.8. The number of hydrogen-bond acceptors (Lipinski definition) is 5. The maximum atomic E-state index is 13.1. The van der Waals surface area contributed by atoms with Gasteiger partial charge in [-0.15, -0.1) is 0 Å². The van der Waals surface area contributed by atoms with Crippen molar-refractivity contribution in [3.8, 4) is 0 Å². The van der Waals surface area contributed by atoms with Crippen LogP contribution in [0, 0.1) is 0 Å². The molecule has 2 aliphatic rings. The second-order valence-corrected chi connectivity index (χ2v) is 6.95. The lowest BCUT2D eigenvalue weighted by Crippen LogP contribution is -2.42. The van der Waals surface area contributed by atoms with Crippen LogP contribution in [0.4, 0.5) is 0 Å². The highest BCUT2D eigenvalue weighted by molar-refractivity contribution is 5.93. The van der Waals surface area contributed by atoms with Crippen LogP contribution in [0.3, 0.4) is 0 Å². The molecular formula is C20H23NO5. The fourth-order valence-corrected chi connectivity index (χ4v) is 3.67. The van der Waals surface area contributed by atoms with Crippen molar-refractivity contribution in [2.45, 2.75) is 37.9 Å². The first kappa shape index (κ1) is 17.2. The van der Waals surface area contributed by atoms with Crippen molar-refractivity contribution in [1.29, 1.82) is 0 Å². The predicted molar refractivity (Wildman–Crippen MR) is 96.3 cm³/mol. The summed E-state index contributed by atoms with van der Waals surface area (Å²) in [6.07, 6.45) is 3.98. The number of amides is 1. The van der Waals surface area contributed by atoms with Gasteiger partial charge < -0.3 is 18.8 Å². The van der Waals surface area contributed by atoms with Gasteiger partial charge in [-0.25, -0.2) is 0 Å². The Bertz CT molecular complexity index is 815. The van der Waals surface area contributed by atoms with Crippen LogP contribution in [-0.2, 0) is 9.47 Å². The van der Waals surface area contributed by atoms with E-state index < -0.39 is 0 Å². The van der Waals surface area contributed by atoms with Gasteiger partial charge in [0, 0.05) is 32.4 Å². The number of carbonyl (C=O) groups is 1. The summed E-state index contributed by atoms with van der Waals surface area (Å²) in [5.74, 6) is -0.205. The average molecular weight is 357 g/mol. The summed E-state index contributed by atoms with van der Waals surface area (Å²) in [6, 6.07) is 8.27. The van der Waals surface area contributed by atoms with Gasteiger partial charge >= 0.3 is 0 Å². The van der Waals surface area contributed by atoms with Gasteiger partial charge in [-0.2, -0.15) is 0 Å². The monoisotopic (exact) mass is 357 g/mol. The van der Waals surface area contributed by atoms with E-state index in [9.17, 15) is 9.59 Å². The number of rotatable bonds is 5. The molecule has 2 aliphatic heterocycles.